The summed E-state index contributed by atoms with van der Waals surface area (Å²) < 4.78 is 7.68. The molecule has 8 heteroatoms. The van der Waals surface area contributed by atoms with Crippen molar-refractivity contribution < 1.29 is 18.8 Å². The van der Waals surface area contributed by atoms with Crippen LogP contribution in [0.4, 0.5) is 5.69 Å². The normalized spacial score (nSPS) is 18.7. The number of hydrogen-bond donors (Lipinski definition) is 1. The number of nitrogens with zero attached hydrogens (tertiary/aromatic N) is 3. The van der Waals surface area contributed by atoms with E-state index in [2.05, 4.69) is 10.4 Å². The van der Waals surface area contributed by atoms with Gasteiger partial charge in [0, 0.05) is 50.2 Å². The molecule has 1 saturated heterocycles. The second-order valence-electron chi connectivity index (χ2n) is 9.44. The maximum atomic E-state index is 13.1. The minimum Gasteiger partial charge on any atom is -0.455 e. The Morgan fingerprint density at radius 1 is 1.26 bits per heavy atom. The van der Waals surface area contributed by atoms with Crippen LogP contribution in [0.5, 0.6) is 0 Å². The van der Waals surface area contributed by atoms with Crippen molar-refractivity contribution in [1.29, 1.82) is 0 Å². The van der Waals surface area contributed by atoms with E-state index in [0.29, 0.717) is 61.3 Å². The fraction of sp³-hybridized carbons (Fsp3) is 0.565. The summed E-state index contributed by atoms with van der Waals surface area (Å²) in [6.45, 7) is 9.56. The highest BCUT2D eigenvalue weighted by Gasteiger charge is 2.38. The molecule has 4 rings (SSSR count). The van der Waals surface area contributed by atoms with Gasteiger partial charge in [0.05, 0.1) is 17.4 Å². The van der Waals surface area contributed by atoms with Gasteiger partial charge in [-0.15, -0.1) is 0 Å². The predicted molar refractivity (Wildman–Crippen MR) is 115 cm³/mol. The number of nitrogens with one attached hydrogen (secondary N) is 1. The highest BCUT2D eigenvalue weighted by molar-refractivity contribution is 6.04. The van der Waals surface area contributed by atoms with Gasteiger partial charge < -0.3 is 14.6 Å². The van der Waals surface area contributed by atoms with E-state index >= 15 is 0 Å². The number of carbonyl (C=O) groups is 3. The summed E-state index contributed by atoms with van der Waals surface area (Å²) in [4.78, 5) is 40.0. The lowest BCUT2D eigenvalue weighted by Gasteiger charge is -2.30. The van der Waals surface area contributed by atoms with Crippen molar-refractivity contribution in [3.63, 3.8) is 0 Å². The van der Waals surface area contributed by atoms with Crippen LogP contribution >= 0.6 is 0 Å². The third-order valence-electron chi connectivity index (χ3n) is 6.35. The van der Waals surface area contributed by atoms with Gasteiger partial charge in [-0.3, -0.25) is 19.1 Å². The zero-order valence-electron chi connectivity index (χ0n) is 18.7. The van der Waals surface area contributed by atoms with Crippen molar-refractivity contribution in [2.75, 3.05) is 18.4 Å². The molecule has 0 saturated carbocycles. The Bertz CT molecular complexity index is 1020. The van der Waals surface area contributed by atoms with Crippen LogP contribution in [-0.2, 0) is 17.8 Å². The molecule has 1 aliphatic heterocycles. The second-order valence-corrected chi connectivity index (χ2v) is 9.44. The first-order valence-corrected chi connectivity index (χ1v) is 11.0. The monoisotopic (exact) mass is 426 g/mol. The maximum absolute atomic E-state index is 13.1. The number of carbonyl (C=O) groups excluding carboxylic acids is 3. The second kappa shape index (κ2) is 7.98. The van der Waals surface area contributed by atoms with Gasteiger partial charge in [-0.1, -0.05) is 13.8 Å². The molecular weight excluding hydrogens is 396 g/mol. The first-order valence-electron chi connectivity index (χ1n) is 11.0. The molecule has 0 aromatic carbocycles. The molecule has 1 aliphatic carbocycles. The molecule has 1 N–H and O–H groups in total. The van der Waals surface area contributed by atoms with Crippen molar-refractivity contribution in [3.05, 3.63) is 35.0 Å². The molecule has 2 aromatic heterocycles. The van der Waals surface area contributed by atoms with Gasteiger partial charge in [-0.25, -0.2) is 0 Å². The van der Waals surface area contributed by atoms with Crippen molar-refractivity contribution in [2.45, 2.75) is 59.9 Å². The van der Waals surface area contributed by atoms with E-state index < -0.39 is 0 Å². The molecule has 2 aromatic rings. The number of aryl methyl sites for hydroxylation is 1. The Balaban J connectivity index is 1.40. The van der Waals surface area contributed by atoms with Gasteiger partial charge >= 0.3 is 0 Å². The summed E-state index contributed by atoms with van der Waals surface area (Å²) in [5.74, 6) is 0.561. The van der Waals surface area contributed by atoms with Crippen molar-refractivity contribution in [1.82, 2.24) is 14.7 Å². The van der Waals surface area contributed by atoms with E-state index in [1.54, 1.807) is 28.9 Å². The zero-order chi connectivity index (χ0) is 22.3. The number of furan rings is 1. The third kappa shape index (κ3) is 4.16. The summed E-state index contributed by atoms with van der Waals surface area (Å²) in [6.07, 6.45) is 5.74. The van der Waals surface area contributed by atoms with Crippen LogP contribution in [0, 0.1) is 18.3 Å². The summed E-state index contributed by atoms with van der Waals surface area (Å²) in [6, 6.07) is 0. The SMILES string of the molecule is CCn1cc(NC(=O)C2CCN(C(=O)c3oc4c(c3C)C(=O)CC(C)(C)C4)CC2)cn1. The zero-order valence-corrected chi connectivity index (χ0v) is 18.7. The standard InChI is InChI=1S/C23H30N4O4/c1-5-27-13-16(12-24-27)25-21(29)15-6-8-26(9-7-15)22(30)20-14(2)19-17(28)10-23(3,4)11-18(19)31-20/h12-13,15H,5-11H2,1-4H3,(H,25,29). The first-order chi connectivity index (χ1) is 14.7. The molecule has 8 nitrogen and oxygen atoms in total. The van der Waals surface area contributed by atoms with Crippen LogP contribution in [0.1, 0.15) is 72.3 Å². The van der Waals surface area contributed by atoms with Crippen molar-refractivity contribution in [3.8, 4) is 0 Å². The van der Waals surface area contributed by atoms with Crippen LogP contribution < -0.4 is 5.32 Å². The lowest BCUT2D eigenvalue weighted by molar-refractivity contribution is -0.121. The molecule has 0 radical (unpaired) electrons. The maximum Gasteiger partial charge on any atom is 0.289 e. The topological polar surface area (TPSA) is 97.4 Å². The average molecular weight is 427 g/mol. The molecular formula is C23H30N4O4. The third-order valence-corrected chi connectivity index (χ3v) is 6.35. The number of Topliss-reactive ketones (excluding diaryl/α,β-unsaturated/α-hetero) is 1. The number of ketones is 1. The molecule has 2 amide bonds. The lowest BCUT2D eigenvalue weighted by Crippen LogP contribution is -2.41. The molecule has 0 bridgehead atoms. The molecule has 0 spiro atoms. The predicted octanol–water partition coefficient (Wildman–Crippen LogP) is 3.45. The molecule has 3 heterocycles. The molecule has 0 unspecified atom stereocenters. The highest BCUT2D eigenvalue weighted by Crippen LogP contribution is 2.38. The number of rotatable bonds is 4. The number of likely N-dealkylation sites (tertiary alicyclic amines) is 1. The Morgan fingerprint density at radius 2 is 1.97 bits per heavy atom. The van der Waals surface area contributed by atoms with Crippen LogP contribution in [0.25, 0.3) is 0 Å². The lowest BCUT2D eigenvalue weighted by atomic mass is 9.76. The number of amides is 2. The van der Waals surface area contributed by atoms with Crippen LogP contribution in [-0.4, -0.2) is 45.4 Å². The van der Waals surface area contributed by atoms with Crippen molar-refractivity contribution >= 4 is 23.3 Å². The van der Waals surface area contributed by atoms with Gasteiger partial charge in [-0.2, -0.15) is 5.10 Å². The minimum atomic E-state index is -0.194. The fourth-order valence-corrected chi connectivity index (χ4v) is 4.62. The molecule has 1 fully saturated rings. The molecule has 31 heavy (non-hydrogen) atoms. The smallest absolute Gasteiger partial charge is 0.289 e. The Labute approximate surface area is 182 Å². The van der Waals surface area contributed by atoms with Gasteiger partial charge in [-0.05, 0) is 32.1 Å². The number of hydrogen-bond acceptors (Lipinski definition) is 5. The van der Waals surface area contributed by atoms with Crippen molar-refractivity contribution in [2.24, 2.45) is 11.3 Å². The number of fused-ring (bicyclic) bond motifs is 1. The van der Waals surface area contributed by atoms with E-state index in [1.165, 1.54) is 0 Å². The van der Waals surface area contributed by atoms with Crippen LogP contribution in [0.2, 0.25) is 0 Å². The number of piperidine rings is 1. The fourth-order valence-electron chi connectivity index (χ4n) is 4.62. The summed E-state index contributed by atoms with van der Waals surface area (Å²) in [7, 11) is 0. The van der Waals surface area contributed by atoms with Gasteiger partial charge in [0.25, 0.3) is 5.91 Å². The number of aromatic nitrogens is 2. The van der Waals surface area contributed by atoms with Crippen LogP contribution in [0.15, 0.2) is 16.8 Å². The first kappa shape index (κ1) is 21.3. The van der Waals surface area contributed by atoms with Gasteiger partial charge in [0.15, 0.2) is 11.5 Å². The molecule has 166 valence electrons. The van der Waals surface area contributed by atoms with E-state index in [9.17, 15) is 14.4 Å². The van der Waals surface area contributed by atoms with E-state index in [0.717, 1.165) is 6.54 Å². The Morgan fingerprint density at radius 3 is 2.61 bits per heavy atom. The highest BCUT2D eigenvalue weighted by atomic mass is 16.4. The average Bonchev–Trinajstić information content (AvgIpc) is 3.30. The summed E-state index contributed by atoms with van der Waals surface area (Å²) >= 11 is 0. The van der Waals surface area contributed by atoms with E-state index in [1.807, 2.05) is 20.8 Å². The van der Waals surface area contributed by atoms with Gasteiger partial charge in [0.2, 0.25) is 5.91 Å². The van der Waals surface area contributed by atoms with Crippen LogP contribution in [0.3, 0.4) is 0 Å². The summed E-state index contributed by atoms with van der Waals surface area (Å²) in [5.41, 5.74) is 1.77. The van der Waals surface area contributed by atoms with Gasteiger partial charge in [0.1, 0.15) is 5.76 Å². The van der Waals surface area contributed by atoms with E-state index in [-0.39, 0.29) is 34.7 Å². The largest absolute Gasteiger partial charge is 0.455 e. The summed E-state index contributed by atoms with van der Waals surface area (Å²) in [5, 5.41) is 7.08. The minimum absolute atomic E-state index is 0.0415. The Hall–Kier alpha value is -2.90. The quantitative estimate of drug-likeness (QED) is 0.808. The number of anilines is 1. The molecule has 2 aliphatic rings. The Kier molecular flexibility index (Phi) is 5.49. The van der Waals surface area contributed by atoms with E-state index in [4.69, 9.17) is 4.42 Å². The molecule has 0 atom stereocenters.